The maximum atomic E-state index is 10.0. The van der Waals surface area contributed by atoms with Gasteiger partial charge in [0.15, 0.2) is 0 Å². The van der Waals surface area contributed by atoms with Crippen molar-refractivity contribution in [2.45, 2.75) is 6.04 Å². The third kappa shape index (κ3) is 3.79. The molecule has 0 fully saturated rings. The van der Waals surface area contributed by atoms with Crippen molar-refractivity contribution in [2.24, 2.45) is 0 Å². The van der Waals surface area contributed by atoms with E-state index in [1.807, 2.05) is 0 Å². The zero-order chi connectivity index (χ0) is 8.85. The van der Waals surface area contributed by atoms with Gasteiger partial charge in [-0.3, -0.25) is 20.2 Å². The van der Waals surface area contributed by atoms with Crippen LogP contribution in [0.4, 0.5) is 0 Å². The van der Waals surface area contributed by atoms with Crippen molar-refractivity contribution < 1.29 is 9.85 Å². The molecule has 0 aromatic rings. The SMILES string of the molecule is C=CC(C=C[N+](=O)[O-])[N+](=O)[O-]. The number of hydrogen-bond acceptors (Lipinski definition) is 4. The first-order valence-electron chi connectivity index (χ1n) is 2.65. The zero-order valence-corrected chi connectivity index (χ0v) is 5.54. The van der Waals surface area contributed by atoms with Gasteiger partial charge in [-0.1, -0.05) is 6.58 Å². The van der Waals surface area contributed by atoms with E-state index < -0.39 is 15.9 Å². The Balaban J connectivity index is 4.19. The van der Waals surface area contributed by atoms with E-state index in [9.17, 15) is 20.2 Å². The second kappa shape index (κ2) is 4.15. The summed E-state index contributed by atoms with van der Waals surface area (Å²) in [7, 11) is 0. The maximum Gasteiger partial charge on any atom is 0.255 e. The normalized spacial score (nSPS) is 12.7. The Labute approximate surface area is 62.1 Å². The van der Waals surface area contributed by atoms with Gasteiger partial charge in [-0.2, -0.15) is 0 Å². The molecule has 6 heteroatoms. The van der Waals surface area contributed by atoms with Gasteiger partial charge in [0.05, 0.1) is 11.0 Å². The number of nitrogens with zero attached hydrogens (tertiary/aromatic N) is 2. The minimum Gasteiger partial charge on any atom is -0.264 e. The molecule has 0 heterocycles. The van der Waals surface area contributed by atoms with Crippen molar-refractivity contribution in [3.8, 4) is 0 Å². The van der Waals surface area contributed by atoms with E-state index in [2.05, 4.69) is 6.58 Å². The molecule has 0 spiro atoms. The number of nitro groups is 2. The molecular formula is C5H6N2O4. The average molecular weight is 158 g/mol. The van der Waals surface area contributed by atoms with Crippen molar-refractivity contribution in [1.29, 1.82) is 0 Å². The molecule has 60 valence electrons. The molecule has 0 aliphatic rings. The lowest BCUT2D eigenvalue weighted by Gasteiger charge is -1.93. The lowest BCUT2D eigenvalue weighted by atomic mass is 10.3. The van der Waals surface area contributed by atoms with Gasteiger partial charge in [0.1, 0.15) is 0 Å². The first-order chi connectivity index (χ1) is 5.07. The molecule has 1 atom stereocenters. The number of rotatable bonds is 4. The zero-order valence-electron chi connectivity index (χ0n) is 5.54. The number of hydrogen-bond donors (Lipinski definition) is 0. The van der Waals surface area contributed by atoms with Crippen LogP contribution >= 0.6 is 0 Å². The Kier molecular flexibility index (Phi) is 3.50. The third-order valence-electron chi connectivity index (χ3n) is 0.890. The summed E-state index contributed by atoms with van der Waals surface area (Å²) in [4.78, 5) is 18.3. The van der Waals surface area contributed by atoms with Gasteiger partial charge in [-0.25, -0.2) is 0 Å². The first kappa shape index (κ1) is 9.28. The molecular weight excluding hydrogens is 152 g/mol. The monoisotopic (exact) mass is 158 g/mol. The van der Waals surface area contributed by atoms with E-state index in [0.717, 1.165) is 12.2 Å². The second-order valence-corrected chi connectivity index (χ2v) is 1.64. The molecule has 0 N–H and O–H groups in total. The molecule has 0 saturated heterocycles. The fourth-order valence-corrected chi connectivity index (χ4v) is 0.393. The summed E-state index contributed by atoms with van der Waals surface area (Å²) in [5, 5.41) is 19.7. The highest BCUT2D eigenvalue weighted by Gasteiger charge is 2.11. The largest absolute Gasteiger partial charge is 0.264 e. The Morgan fingerprint density at radius 1 is 1.36 bits per heavy atom. The van der Waals surface area contributed by atoms with Gasteiger partial charge in [-0.15, -0.1) is 0 Å². The molecule has 0 aromatic heterocycles. The Morgan fingerprint density at radius 3 is 2.18 bits per heavy atom. The van der Waals surface area contributed by atoms with Crippen LogP contribution in [0.3, 0.4) is 0 Å². The summed E-state index contributed by atoms with van der Waals surface area (Å²) < 4.78 is 0. The summed E-state index contributed by atoms with van der Waals surface area (Å²) >= 11 is 0. The molecule has 0 bridgehead atoms. The van der Waals surface area contributed by atoms with Gasteiger partial charge < -0.3 is 0 Å². The fraction of sp³-hybridized carbons (Fsp3) is 0.200. The van der Waals surface area contributed by atoms with Gasteiger partial charge in [0.2, 0.25) is 6.20 Å². The maximum absolute atomic E-state index is 10.0. The van der Waals surface area contributed by atoms with Crippen LogP contribution in [0.2, 0.25) is 0 Å². The van der Waals surface area contributed by atoms with Crippen LogP contribution in [0.25, 0.3) is 0 Å². The topological polar surface area (TPSA) is 86.3 Å². The summed E-state index contributed by atoms with van der Waals surface area (Å²) in [6.45, 7) is 3.14. The second-order valence-electron chi connectivity index (χ2n) is 1.64. The molecule has 0 aliphatic heterocycles. The average Bonchev–Trinajstić information content (AvgIpc) is 1.87. The van der Waals surface area contributed by atoms with Crippen LogP contribution < -0.4 is 0 Å². The van der Waals surface area contributed by atoms with Crippen LogP contribution in [0.1, 0.15) is 0 Å². The van der Waals surface area contributed by atoms with Crippen molar-refractivity contribution in [2.75, 3.05) is 0 Å². The van der Waals surface area contributed by atoms with E-state index in [4.69, 9.17) is 0 Å². The predicted molar refractivity (Wildman–Crippen MR) is 37.1 cm³/mol. The van der Waals surface area contributed by atoms with Crippen LogP contribution in [-0.4, -0.2) is 15.9 Å². The van der Waals surface area contributed by atoms with E-state index in [1.54, 1.807) is 0 Å². The van der Waals surface area contributed by atoms with Crippen LogP contribution in [-0.2, 0) is 0 Å². The van der Waals surface area contributed by atoms with Crippen molar-refractivity contribution in [3.63, 3.8) is 0 Å². The lowest BCUT2D eigenvalue weighted by Crippen LogP contribution is -2.13. The molecule has 0 radical (unpaired) electrons. The Morgan fingerprint density at radius 2 is 1.91 bits per heavy atom. The predicted octanol–water partition coefficient (Wildman–Crippen LogP) is 0.608. The third-order valence-corrected chi connectivity index (χ3v) is 0.890. The van der Waals surface area contributed by atoms with Crippen LogP contribution in [0.5, 0.6) is 0 Å². The first-order valence-corrected chi connectivity index (χ1v) is 2.65. The lowest BCUT2D eigenvalue weighted by molar-refractivity contribution is -0.498. The minimum atomic E-state index is -1.18. The van der Waals surface area contributed by atoms with E-state index in [1.165, 1.54) is 0 Å². The van der Waals surface area contributed by atoms with E-state index in [0.29, 0.717) is 6.20 Å². The molecule has 0 aromatic carbocycles. The van der Waals surface area contributed by atoms with Crippen LogP contribution in [0.15, 0.2) is 24.9 Å². The van der Waals surface area contributed by atoms with E-state index in [-0.39, 0.29) is 0 Å². The van der Waals surface area contributed by atoms with Gasteiger partial charge >= 0.3 is 0 Å². The molecule has 0 aliphatic carbocycles. The highest BCUT2D eigenvalue weighted by molar-refractivity contribution is 4.94. The Bertz CT molecular complexity index is 211. The van der Waals surface area contributed by atoms with Gasteiger partial charge in [0, 0.05) is 4.92 Å². The highest BCUT2D eigenvalue weighted by atomic mass is 16.6. The molecule has 6 nitrogen and oxygen atoms in total. The molecule has 0 rings (SSSR count). The fourth-order valence-electron chi connectivity index (χ4n) is 0.393. The minimum absolute atomic E-state index is 0.523. The smallest absolute Gasteiger partial charge is 0.255 e. The summed E-state index contributed by atoms with van der Waals surface area (Å²) in [5.74, 6) is 0. The van der Waals surface area contributed by atoms with E-state index >= 15 is 0 Å². The quantitative estimate of drug-likeness (QED) is 0.340. The highest BCUT2D eigenvalue weighted by Crippen LogP contribution is 1.93. The standard InChI is InChI=1S/C5H6N2O4/c1-2-5(7(10)11)3-4-6(8)9/h2-5H,1H2. The molecule has 0 saturated carbocycles. The van der Waals surface area contributed by atoms with Crippen LogP contribution in [0, 0.1) is 20.2 Å². The van der Waals surface area contributed by atoms with Gasteiger partial charge in [0.25, 0.3) is 6.04 Å². The molecule has 11 heavy (non-hydrogen) atoms. The summed E-state index contributed by atoms with van der Waals surface area (Å²) in [6.07, 6.45) is 2.39. The molecule has 0 amide bonds. The summed E-state index contributed by atoms with van der Waals surface area (Å²) in [6, 6.07) is -1.18. The molecule has 1 unspecified atom stereocenters. The van der Waals surface area contributed by atoms with Crippen molar-refractivity contribution in [1.82, 2.24) is 0 Å². The Hall–Kier alpha value is -1.72. The summed E-state index contributed by atoms with van der Waals surface area (Å²) in [5.41, 5.74) is 0. The van der Waals surface area contributed by atoms with Crippen molar-refractivity contribution >= 4 is 0 Å². The van der Waals surface area contributed by atoms with Crippen molar-refractivity contribution in [3.05, 3.63) is 45.2 Å². The van der Waals surface area contributed by atoms with Gasteiger partial charge in [-0.05, 0) is 6.08 Å².